The molecule has 114 valence electrons. The summed E-state index contributed by atoms with van der Waals surface area (Å²) in [6.07, 6.45) is 1.20. The highest BCUT2D eigenvalue weighted by Crippen LogP contribution is 2.22. The molecule has 1 aromatic carbocycles. The summed E-state index contributed by atoms with van der Waals surface area (Å²) in [5.41, 5.74) is 0.605. The van der Waals surface area contributed by atoms with E-state index in [4.69, 9.17) is 21.4 Å². The van der Waals surface area contributed by atoms with Crippen LogP contribution in [0.2, 0.25) is 5.02 Å². The number of halogens is 2. The van der Waals surface area contributed by atoms with Gasteiger partial charge in [0.25, 0.3) is 5.91 Å². The van der Waals surface area contributed by atoms with E-state index < -0.39 is 5.97 Å². The minimum Gasteiger partial charge on any atom is -0.480 e. The zero-order valence-electron chi connectivity index (χ0n) is 11.2. The normalized spacial score (nSPS) is 16.0. The summed E-state index contributed by atoms with van der Waals surface area (Å²) in [6.45, 7) is 0.836. The average molecular weight is 424 g/mol. The Kier molecular flexibility index (Phi) is 5.83. The molecular weight excluding hydrogens is 409 g/mol. The van der Waals surface area contributed by atoms with E-state index >= 15 is 0 Å². The highest BCUT2D eigenvalue weighted by molar-refractivity contribution is 14.1. The molecule has 2 rings (SSSR count). The Bertz CT molecular complexity index is 544. The summed E-state index contributed by atoms with van der Waals surface area (Å²) >= 11 is 8.06. The van der Waals surface area contributed by atoms with Gasteiger partial charge < -0.3 is 14.7 Å². The van der Waals surface area contributed by atoms with Gasteiger partial charge in [0.1, 0.15) is 6.61 Å². The van der Waals surface area contributed by atoms with Crippen molar-refractivity contribution in [3.63, 3.8) is 0 Å². The van der Waals surface area contributed by atoms with Crippen molar-refractivity contribution in [1.29, 1.82) is 0 Å². The lowest BCUT2D eigenvalue weighted by molar-refractivity contribution is -0.145. The Morgan fingerprint density at radius 3 is 2.67 bits per heavy atom. The average Bonchev–Trinajstić information content (AvgIpc) is 2.47. The molecule has 0 aromatic heterocycles. The van der Waals surface area contributed by atoms with Crippen LogP contribution in [0, 0.1) is 3.57 Å². The van der Waals surface area contributed by atoms with Crippen molar-refractivity contribution >= 4 is 46.1 Å². The van der Waals surface area contributed by atoms with Gasteiger partial charge in [-0.2, -0.15) is 0 Å². The number of nitrogens with zero attached hydrogens (tertiary/aromatic N) is 1. The number of aliphatic carboxylic acids is 1. The molecule has 0 saturated carbocycles. The SMILES string of the molecule is O=C(O)COC1CCN(C(=O)c2cc(Cl)ccc2I)CC1. The molecule has 1 aromatic rings. The predicted molar refractivity (Wildman–Crippen MR) is 86.7 cm³/mol. The molecule has 1 amide bonds. The van der Waals surface area contributed by atoms with E-state index in [0.29, 0.717) is 36.5 Å². The molecule has 0 bridgehead atoms. The summed E-state index contributed by atoms with van der Waals surface area (Å²) in [5.74, 6) is -1.01. The van der Waals surface area contributed by atoms with E-state index in [1.807, 2.05) is 6.07 Å². The standard InChI is InChI=1S/C14H15ClINO4/c15-9-1-2-12(16)11(7-9)14(20)17-5-3-10(4-6-17)21-8-13(18)19/h1-2,7,10H,3-6,8H2,(H,18,19). The first kappa shape index (κ1) is 16.5. The van der Waals surface area contributed by atoms with Crippen molar-refractivity contribution < 1.29 is 19.4 Å². The molecule has 5 nitrogen and oxygen atoms in total. The van der Waals surface area contributed by atoms with Crippen molar-refractivity contribution in [3.8, 4) is 0 Å². The van der Waals surface area contributed by atoms with Gasteiger partial charge in [-0.25, -0.2) is 4.79 Å². The summed E-state index contributed by atoms with van der Waals surface area (Å²) < 4.78 is 6.13. The van der Waals surface area contributed by atoms with E-state index in [-0.39, 0.29) is 18.6 Å². The van der Waals surface area contributed by atoms with Gasteiger partial charge in [0.15, 0.2) is 0 Å². The van der Waals surface area contributed by atoms with Crippen molar-refractivity contribution in [2.24, 2.45) is 0 Å². The third-order valence-electron chi connectivity index (χ3n) is 3.33. The van der Waals surface area contributed by atoms with Crippen LogP contribution in [0.1, 0.15) is 23.2 Å². The van der Waals surface area contributed by atoms with Gasteiger partial charge in [0, 0.05) is 21.7 Å². The number of carbonyl (C=O) groups is 2. The monoisotopic (exact) mass is 423 g/mol. The number of rotatable bonds is 4. The van der Waals surface area contributed by atoms with E-state index in [2.05, 4.69) is 22.6 Å². The summed E-state index contributed by atoms with van der Waals surface area (Å²) in [4.78, 5) is 24.7. The third kappa shape index (κ3) is 4.55. The lowest BCUT2D eigenvalue weighted by Gasteiger charge is -2.32. The first-order valence-corrected chi connectivity index (χ1v) is 8.01. The second-order valence-electron chi connectivity index (χ2n) is 4.82. The Hall–Kier alpha value is -0.860. The Balaban J connectivity index is 1.94. The number of carboxylic acid groups (broad SMARTS) is 1. The number of likely N-dealkylation sites (tertiary alicyclic amines) is 1. The highest BCUT2D eigenvalue weighted by Gasteiger charge is 2.25. The highest BCUT2D eigenvalue weighted by atomic mass is 127. The van der Waals surface area contributed by atoms with Crippen LogP contribution in [-0.2, 0) is 9.53 Å². The Morgan fingerprint density at radius 1 is 1.38 bits per heavy atom. The quantitative estimate of drug-likeness (QED) is 0.756. The molecule has 1 fully saturated rings. The molecule has 1 aliphatic rings. The second kappa shape index (κ2) is 7.42. The van der Waals surface area contributed by atoms with Crippen LogP contribution < -0.4 is 0 Å². The number of hydrogen-bond donors (Lipinski definition) is 1. The van der Waals surface area contributed by atoms with Crippen LogP contribution in [0.25, 0.3) is 0 Å². The van der Waals surface area contributed by atoms with E-state index in [9.17, 15) is 9.59 Å². The van der Waals surface area contributed by atoms with Crippen molar-refractivity contribution in [1.82, 2.24) is 4.90 Å². The van der Waals surface area contributed by atoms with Crippen molar-refractivity contribution in [2.45, 2.75) is 18.9 Å². The Labute approximate surface area is 141 Å². The largest absolute Gasteiger partial charge is 0.480 e. The minimum absolute atomic E-state index is 0.0430. The maximum absolute atomic E-state index is 12.5. The molecular formula is C14H15ClINO4. The number of hydrogen-bond acceptors (Lipinski definition) is 3. The van der Waals surface area contributed by atoms with Crippen LogP contribution in [0.4, 0.5) is 0 Å². The van der Waals surface area contributed by atoms with Crippen LogP contribution in [0.3, 0.4) is 0 Å². The van der Waals surface area contributed by atoms with Gasteiger partial charge in [-0.1, -0.05) is 11.6 Å². The smallest absolute Gasteiger partial charge is 0.329 e. The molecule has 0 unspecified atom stereocenters. The van der Waals surface area contributed by atoms with Crippen molar-refractivity contribution in [2.75, 3.05) is 19.7 Å². The molecule has 7 heteroatoms. The maximum Gasteiger partial charge on any atom is 0.329 e. The van der Waals surface area contributed by atoms with E-state index in [0.717, 1.165) is 3.57 Å². The summed E-state index contributed by atoms with van der Waals surface area (Å²) in [5, 5.41) is 9.13. The molecule has 1 aliphatic heterocycles. The number of carbonyl (C=O) groups excluding carboxylic acids is 1. The predicted octanol–water partition coefficient (Wildman–Crippen LogP) is 2.65. The van der Waals surface area contributed by atoms with Gasteiger partial charge in [-0.3, -0.25) is 4.79 Å². The molecule has 0 atom stereocenters. The number of ether oxygens (including phenoxy) is 1. The second-order valence-corrected chi connectivity index (χ2v) is 6.42. The fourth-order valence-corrected chi connectivity index (χ4v) is 2.98. The van der Waals surface area contributed by atoms with E-state index in [1.165, 1.54) is 0 Å². The van der Waals surface area contributed by atoms with Gasteiger partial charge in [0.2, 0.25) is 0 Å². The van der Waals surface area contributed by atoms with Gasteiger partial charge in [0.05, 0.1) is 11.7 Å². The van der Waals surface area contributed by atoms with Gasteiger partial charge in [-0.05, 0) is 53.6 Å². The lowest BCUT2D eigenvalue weighted by Crippen LogP contribution is -2.41. The number of benzene rings is 1. The molecule has 0 spiro atoms. The van der Waals surface area contributed by atoms with Crippen molar-refractivity contribution in [3.05, 3.63) is 32.4 Å². The molecule has 21 heavy (non-hydrogen) atoms. The van der Waals surface area contributed by atoms with E-state index in [1.54, 1.807) is 17.0 Å². The fraction of sp³-hybridized carbons (Fsp3) is 0.429. The minimum atomic E-state index is -0.970. The molecule has 0 radical (unpaired) electrons. The third-order valence-corrected chi connectivity index (χ3v) is 4.51. The van der Waals surface area contributed by atoms with Gasteiger partial charge >= 0.3 is 5.97 Å². The zero-order valence-corrected chi connectivity index (χ0v) is 14.1. The topological polar surface area (TPSA) is 66.8 Å². The number of carboxylic acids is 1. The zero-order chi connectivity index (χ0) is 15.4. The first-order chi connectivity index (χ1) is 9.97. The number of piperidine rings is 1. The molecule has 0 aliphatic carbocycles. The first-order valence-electron chi connectivity index (χ1n) is 6.55. The van der Waals surface area contributed by atoms with Crippen LogP contribution in [0.5, 0.6) is 0 Å². The van der Waals surface area contributed by atoms with Gasteiger partial charge in [-0.15, -0.1) is 0 Å². The van der Waals surface area contributed by atoms with Crippen LogP contribution in [0.15, 0.2) is 18.2 Å². The fourth-order valence-electron chi connectivity index (χ4n) is 2.25. The number of amides is 1. The molecule has 1 N–H and O–H groups in total. The summed E-state index contributed by atoms with van der Waals surface area (Å²) in [6, 6.07) is 5.25. The lowest BCUT2D eigenvalue weighted by atomic mass is 10.1. The Morgan fingerprint density at radius 2 is 2.05 bits per heavy atom. The van der Waals surface area contributed by atoms with Crippen LogP contribution >= 0.6 is 34.2 Å². The molecule has 1 heterocycles. The van der Waals surface area contributed by atoms with Crippen LogP contribution in [-0.4, -0.2) is 47.7 Å². The maximum atomic E-state index is 12.5. The molecule has 1 saturated heterocycles. The summed E-state index contributed by atoms with van der Waals surface area (Å²) in [7, 11) is 0.